The third kappa shape index (κ3) is 11.8. The van der Waals surface area contributed by atoms with Crippen LogP contribution in [0.1, 0.15) is 53.5 Å². The Balaban J connectivity index is 3.07. The van der Waals surface area contributed by atoms with Crippen molar-refractivity contribution in [2.45, 2.75) is 71.6 Å². The van der Waals surface area contributed by atoms with Crippen molar-refractivity contribution in [1.29, 1.82) is 0 Å². The van der Waals surface area contributed by atoms with Gasteiger partial charge >= 0.3 is 18.0 Å². The van der Waals surface area contributed by atoms with Crippen molar-refractivity contribution < 1.29 is 28.6 Å². The molecule has 2 atom stereocenters. The van der Waals surface area contributed by atoms with Crippen molar-refractivity contribution in [2.75, 3.05) is 7.11 Å². The molecule has 0 saturated carbocycles. The minimum Gasteiger partial charge on any atom is -0.469 e. The van der Waals surface area contributed by atoms with Crippen molar-refractivity contribution in [3.63, 3.8) is 0 Å². The van der Waals surface area contributed by atoms with Gasteiger partial charge in [-0.3, -0.25) is 9.59 Å². The Hall–Kier alpha value is -2.83. The average molecular weight is 434 g/mol. The fourth-order valence-corrected chi connectivity index (χ4v) is 2.63. The smallest absolute Gasteiger partial charge is 0.408 e. The van der Waals surface area contributed by atoms with Gasteiger partial charge in [0.25, 0.3) is 0 Å². The SMILES string of the molecule is COC(=O)C[C@H](/C=C/[C@H](Cc1ccccc1)NC(=O)OC(C)(C)C)C(=O)OC(C)(C)C. The molecule has 0 unspecified atom stereocenters. The molecule has 0 aliphatic carbocycles. The van der Waals surface area contributed by atoms with Crippen LogP contribution in [0.5, 0.6) is 0 Å². The first-order valence-electron chi connectivity index (χ1n) is 10.3. The van der Waals surface area contributed by atoms with E-state index < -0.39 is 41.2 Å². The fourth-order valence-electron chi connectivity index (χ4n) is 2.63. The summed E-state index contributed by atoms with van der Waals surface area (Å²) >= 11 is 0. The van der Waals surface area contributed by atoms with Crippen molar-refractivity contribution >= 4 is 18.0 Å². The number of amides is 1. The first-order valence-corrected chi connectivity index (χ1v) is 10.3. The van der Waals surface area contributed by atoms with Crippen LogP contribution in [0.2, 0.25) is 0 Å². The molecule has 1 rings (SSSR count). The number of carbonyl (C=O) groups is 3. The third-order valence-corrected chi connectivity index (χ3v) is 3.90. The van der Waals surface area contributed by atoms with E-state index in [1.54, 1.807) is 53.7 Å². The summed E-state index contributed by atoms with van der Waals surface area (Å²) in [5.74, 6) is -1.91. The molecule has 31 heavy (non-hydrogen) atoms. The number of methoxy groups -OCH3 is 1. The lowest BCUT2D eigenvalue weighted by molar-refractivity contribution is -0.161. The Morgan fingerprint density at radius 1 is 0.935 bits per heavy atom. The van der Waals surface area contributed by atoms with Gasteiger partial charge in [0.2, 0.25) is 0 Å². The number of esters is 2. The second-order valence-electron chi connectivity index (χ2n) is 9.25. The van der Waals surface area contributed by atoms with Gasteiger partial charge in [-0.2, -0.15) is 0 Å². The summed E-state index contributed by atoms with van der Waals surface area (Å²) in [6, 6.07) is 9.15. The topological polar surface area (TPSA) is 90.9 Å². The largest absolute Gasteiger partial charge is 0.469 e. The summed E-state index contributed by atoms with van der Waals surface area (Å²) in [4.78, 5) is 36.7. The maximum atomic E-state index is 12.6. The lowest BCUT2D eigenvalue weighted by atomic mass is 10.0. The standard InChI is InChI=1S/C24H35NO6/c1-23(2,3)30-21(27)18(16-20(26)29-7)13-14-19(15-17-11-9-8-10-12-17)25-22(28)31-24(4,5)6/h8-14,18-19H,15-16H2,1-7H3,(H,25,28)/b14-13+/t18-,19+/m0/s1. The molecule has 0 aliphatic rings. The van der Waals surface area contributed by atoms with Crippen LogP contribution in [0.25, 0.3) is 0 Å². The number of ether oxygens (including phenoxy) is 3. The molecule has 0 fully saturated rings. The van der Waals surface area contributed by atoms with Gasteiger partial charge in [0.15, 0.2) is 0 Å². The molecule has 0 heterocycles. The molecule has 0 aromatic heterocycles. The average Bonchev–Trinajstić information content (AvgIpc) is 2.62. The second-order valence-corrected chi connectivity index (χ2v) is 9.25. The van der Waals surface area contributed by atoms with E-state index in [1.807, 2.05) is 30.3 Å². The van der Waals surface area contributed by atoms with Gasteiger partial charge in [0.05, 0.1) is 25.5 Å². The Bertz CT molecular complexity index is 759. The van der Waals surface area contributed by atoms with Crippen LogP contribution in [0, 0.1) is 5.92 Å². The predicted molar refractivity (Wildman–Crippen MR) is 118 cm³/mol. The number of benzene rings is 1. The van der Waals surface area contributed by atoms with E-state index in [2.05, 4.69) is 5.32 Å². The Morgan fingerprint density at radius 3 is 2.03 bits per heavy atom. The van der Waals surface area contributed by atoms with Gasteiger partial charge in [-0.05, 0) is 53.5 Å². The highest BCUT2D eigenvalue weighted by Gasteiger charge is 2.26. The number of hydrogen-bond acceptors (Lipinski definition) is 6. The van der Waals surface area contributed by atoms with E-state index in [4.69, 9.17) is 14.2 Å². The van der Waals surface area contributed by atoms with E-state index in [1.165, 1.54) is 7.11 Å². The number of rotatable bonds is 8. The maximum Gasteiger partial charge on any atom is 0.408 e. The summed E-state index contributed by atoms with van der Waals surface area (Å²) in [5, 5.41) is 2.82. The van der Waals surface area contributed by atoms with Crippen LogP contribution in [0.15, 0.2) is 42.5 Å². The molecule has 1 aromatic carbocycles. The van der Waals surface area contributed by atoms with Crippen LogP contribution < -0.4 is 5.32 Å². The molecule has 7 heteroatoms. The molecule has 7 nitrogen and oxygen atoms in total. The normalized spacial score (nSPS) is 13.9. The lowest BCUT2D eigenvalue weighted by Crippen LogP contribution is -2.39. The number of alkyl carbamates (subject to hydrolysis) is 1. The molecule has 1 amide bonds. The first-order chi connectivity index (χ1) is 14.3. The van der Waals surface area contributed by atoms with E-state index in [0.29, 0.717) is 6.42 Å². The summed E-state index contributed by atoms with van der Waals surface area (Å²) in [6.45, 7) is 10.6. The Morgan fingerprint density at radius 2 is 1.52 bits per heavy atom. The highest BCUT2D eigenvalue weighted by atomic mass is 16.6. The molecule has 1 N–H and O–H groups in total. The molecule has 1 aromatic rings. The minimum atomic E-state index is -0.842. The first kappa shape index (κ1) is 26.2. The van der Waals surface area contributed by atoms with Crippen molar-refractivity contribution in [1.82, 2.24) is 5.32 Å². The molecule has 0 spiro atoms. The van der Waals surface area contributed by atoms with Crippen molar-refractivity contribution in [3.05, 3.63) is 48.0 Å². The summed E-state index contributed by atoms with van der Waals surface area (Å²) in [7, 11) is 1.26. The van der Waals surface area contributed by atoms with Crippen molar-refractivity contribution in [2.24, 2.45) is 5.92 Å². The quantitative estimate of drug-likeness (QED) is 0.375. The predicted octanol–water partition coefficient (Wildman–Crippen LogP) is 4.20. The highest BCUT2D eigenvalue weighted by molar-refractivity contribution is 5.81. The van der Waals surface area contributed by atoms with Crippen LogP contribution in [0.4, 0.5) is 4.79 Å². The molecule has 0 aliphatic heterocycles. The minimum absolute atomic E-state index is 0.160. The zero-order chi connectivity index (χ0) is 23.7. The molecule has 0 bridgehead atoms. The van der Waals surface area contributed by atoms with Gasteiger partial charge in [-0.1, -0.05) is 42.5 Å². The van der Waals surface area contributed by atoms with Gasteiger partial charge in [0, 0.05) is 0 Å². The zero-order valence-electron chi connectivity index (χ0n) is 19.6. The zero-order valence-corrected chi connectivity index (χ0v) is 19.6. The van der Waals surface area contributed by atoms with Gasteiger partial charge in [0.1, 0.15) is 11.2 Å². The van der Waals surface area contributed by atoms with E-state index >= 15 is 0 Å². The van der Waals surface area contributed by atoms with E-state index in [9.17, 15) is 14.4 Å². The van der Waals surface area contributed by atoms with E-state index in [0.717, 1.165) is 5.56 Å². The Labute approximate surface area is 185 Å². The Kier molecular flexibility index (Phi) is 9.75. The van der Waals surface area contributed by atoms with Crippen LogP contribution in [-0.4, -0.2) is 42.4 Å². The molecule has 0 radical (unpaired) electrons. The summed E-state index contributed by atoms with van der Waals surface area (Å²) in [5.41, 5.74) is -0.345. The van der Waals surface area contributed by atoms with Crippen LogP contribution >= 0.6 is 0 Å². The molecule has 172 valence electrons. The molecule has 0 saturated heterocycles. The molecular weight excluding hydrogens is 398 g/mol. The summed E-state index contributed by atoms with van der Waals surface area (Å²) in [6.07, 6.45) is 3.02. The van der Waals surface area contributed by atoms with E-state index in [-0.39, 0.29) is 6.42 Å². The van der Waals surface area contributed by atoms with Gasteiger partial charge in [-0.15, -0.1) is 0 Å². The van der Waals surface area contributed by atoms with Gasteiger partial charge < -0.3 is 19.5 Å². The van der Waals surface area contributed by atoms with Crippen molar-refractivity contribution in [3.8, 4) is 0 Å². The number of nitrogens with one attached hydrogen (secondary N) is 1. The fraction of sp³-hybridized carbons (Fsp3) is 0.542. The van der Waals surface area contributed by atoms with Crippen LogP contribution in [0.3, 0.4) is 0 Å². The van der Waals surface area contributed by atoms with Gasteiger partial charge in [-0.25, -0.2) is 4.79 Å². The number of carbonyl (C=O) groups excluding carboxylic acids is 3. The highest BCUT2D eigenvalue weighted by Crippen LogP contribution is 2.17. The summed E-state index contributed by atoms with van der Waals surface area (Å²) < 4.78 is 15.5. The monoisotopic (exact) mass is 433 g/mol. The number of hydrogen-bond donors (Lipinski definition) is 1. The van der Waals surface area contributed by atoms with Crippen LogP contribution in [-0.2, 0) is 30.2 Å². The lowest BCUT2D eigenvalue weighted by Gasteiger charge is -2.24. The maximum absolute atomic E-state index is 12.6. The second kappa shape index (κ2) is 11.5. The third-order valence-electron chi connectivity index (χ3n) is 3.90. The molecular formula is C24H35NO6.